The first-order valence-electron chi connectivity index (χ1n) is 25.9. The Morgan fingerprint density at radius 1 is 0.466 bits per heavy atom. The fraction of sp³-hybridized carbons (Fsp3) is 0.923. The molecule has 344 valence electrons. The normalized spacial score (nSPS) is 12.7. The van der Waals surface area contributed by atoms with E-state index in [1.54, 1.807) is 0 Å². The predicted octanol–water partition coefficient (Wildman–Crippen LogP) is 15.3. The molecule has 0 aliphatic heterocycles. The number of allylic oxidation sites excluding steroid dienone is 2. The summed E-state index contributed by atoms with van der Waals surface area (Å²) in [5, 5.41) is 23.1. The average molecular weight is 820 g/mol. The molecule has 0 aromatic carbocycles. The van der Waals surface area contributed by atoms with Gasteiger partial charge in [-0.15, -0.1) is 0 Å². The van der Waals surface area contributed by atoms with E-state index < -0.39 is 12.1 Å². The molecule has 0 bridgehead atoms. The van der Waals surface area contributed by atoms with Crippen molar-refractivity contribution < 1.29 is 24.5 Å². The number of rotatable bonds is 48. The maximum Gasteiger partial charge on any atom is 0.305 e. The van der Waals surface area contributed by atoms with E-state index in [1.165, 1.54) is 173 Å². The Bertz CT molecular complexity index is 863. The first-order chi connectivity index (χ1) is 28.5. The van der Waals surface area contributed by atoms with E-state index in [2.05, 4.69) is 31.3 Å². The number of ether oxygens (including phenoxy) is 1. The Morgan fingerprint density at radius 2 is 0.810 bits per heavy atom. The first kappa shape index (κ1) is 56.6. The topological polar surface area (TPSA) is 95.9 Å². The van der Waals surface area contributed by atoms with Crippen molar-refractivity contribution in [2.24, 2.45) is 0 Å². The van der Waals surface area contributed by atoms with Crippen molar-refractivity contribution in [2.45, 2.75) is 296 Å². The summed E-state index contributed by atoms with van der Waals surface area (Å²) in [6.07, 6.45) is 54.8. The lowest BCUT2D eigenvalue weighted by Gasteiger charge is -2.22. The van der Waals surface area contributed by atoms with Crippen LogP contribution in [-0.4, -0.2) is 47.4 Å². The van der Waals surface area contributed by atoms with Crippen LogP contribution in [-0.2, 0) is 14.3 Å². The van der Waals surface area contributed by atoms with Gasteiger partial charge in [0.1, 0.15) is 0 Å². The minimum absolute atomic E-state index is 0.0316. The standard InChI is InChI=1S/C52H101NO5/c1-3-5-7-9-11-13-15-17-18-19-20-21-22-23-25-30-34-38-42-46-52(57)58-47-43-39-35-31-27-26-29-33-37-41-45-51(56)53-49(48-54)50(55)44-40-36-32-28-24-16-14-12-10-8-6-4-2/h27,31,49-50,54-55H,3-26,28-30,32-48H2,1-2H3,(H,53,56)/b31-27-. The number of carbonyl (C=O) groups is 2. The van der Waals surface area contributed by atoms with E-state index in [0.717, 1.165) is 77.0 Å². The lowest BCUT2D eigenvalue weighted by molar-refractivity contribution is -0.143. The van der Waals surface area contributed by atoms with Crippen LogP contribution in [0.1, 0.15) is 284 Å². The highest BCUT2D eigenvalue weighted by Crippen LogP contribution is 2.17. The van der Waals surface area contributed by atoms with Gasteiger partial charge in [0, 0.05) is 12.8 Å². The molecule has 0 saturated heterocycles. The zero-order valence-corrected chi connectivity index (χ0v) is 39.0. The lowest BCUT2D eigenvalue weighted by atomic mass is 10.0. The second-order valence-electron chi connectivity index (χ2n) is 17.9. The van der Waals surface area contributed by atoms with Crippen LogP contribution in [0.3, 0.4) is 0 Å². The number of hydrogen-bond donors (Lipinski definition) is 3. The van der Waals surface area contributed by atoms with Crippen molar-refractivity contribution in [1.82, 2.24) is 5.32 Å². The number of aliphatic hydroxyl groups is 2. The van der Waals surface area contributed by atoms with Gasteiger partial charge in [-0.05, 0) is 51.4 Å². The molecule has 0 fully saturated rings. The summed E-state index contributed by atoms with van der Waals surface area (Å²) in [5.74, 6) is -0.102. The molecular formula is C52H101NO5. The molecule has 6 nitrogen and oxygen atoms in total. The molecule has 58 heavy (non-hydrogen) atoms. The van der Waals surface area contributed by atoms with Crippen molar-refractivity contribution in [3.8, 4) is 0 Å². The SMILES string of the molecule is CCCCCCCCCCCCCCCCCCCCCC(=O)OCCCC/C=C\CCCCCCC(=O)NC(CO)C(O)CCCCCCCCCCCCCC. The van der Waals surface area contributed by atoms with Crippen LogP contribution in [0.25, 0.3) is 0 Å². The van der Waals surface area contributed by atoms with Crippen molar-refractivity contribution >= 4 is 11.9 Å². The Kier molecular flexibility index (Phi) is 47.1. The fourth-order valence-corrected chi connectivity index (χ4v) is 8.05. The molecule has 0 aromatic rings. The van der Waals surface area contributed by atoms with Crippen molar-refractivity contribution in [2.75, 3.05) is 13.2 Å². The summed E-state index contributed by atoms with van der Waals surface area (Å²) in [6.45, 7) is 4.87. The van der Waals surface area contributed by atoms with Crippen LogP contribution < -0.4 is 5.32 Å². The highest BCUT2D eigenvalue weighted by atomic mass is 16.5. The zero-order valence-electron chi connectivity index (χ0n) is 39.0. The van der Waals surface area contributed by atoms with Gasteiger partial charge in [-0.2, -0.15) is 0 Å². The van der Waals surface area contributed by atoms with E-state index in [-0.39, 0.29) is 18.5 Å². The molecule has 0 saturated carbocycles. The van der Waals surface area contributed by atoms with Crippen LogP contribution in [0.5, 0.6) is 0 Å². The third-order valence-corrected chi connectivity index (χ3v) is 12.1. The highest BCUT2D eigenvalue weighted by Gasteiger charge is 2.20. The number of amides is 1. The molecule has 0 aromatic heterocycles. The second kappa shape index (κ2) is 48.3. The molecule has 0 aliphatic carbocycles. The molecule has 0 radical (unpaired) electrons. The smallest absolute Gasteiger partial charge is 0.305 e. The van der Waals surface area contributed by atoms with E-state index in [0.29, 0.717) is 25.9 Å². The van der Waals surface area contributed by atoms with Gasteiger partial charge in [0.2, 0.25) is 5.91 Å². The van der Waals surface area contributed by atoms with Gasteiger partial charge in [0.25, 0.3) is 0 Å². The largest absolute Gasteiger partial charge is 0.466 e. The molecule has 0 spiro atoms. The van der Waals surface area contributed by atoms with Gasteiger partial charge in [0.15, 0.2) is 0 Å². The molecule has 0 heterocycles. The molecule has 6 heteroatoms. The number of nitrogens with one attached hydrogen (secondary N) is 1. The summed E-state index contributed by atoms with van der Waals surface area (Å²) >= 11 is 0. The van der Waals surface area contributed by atoms with Crippen LogP contribution in [0.15, 0.2) is 12.2 Å². The molecule has 0 aliphatic rings. The third kappa shape index (κ3) is 44.2. The summed E-state index contributed by atoms with van der Waals surface area (Å²) < 4.78 is 5.45. The Morgan fingerprint density at radius 3 is 1.22 bits per heavy atom. The van der Waals surface area contributed by atoms with Gasteiger partial charge in [-0.25, -0.2) is 0 Å². The van der Waals surface area contributed by atoms with Gasteiger partial charge in [0.05, 0.1) is 25.4 Å². The van der Waals surface area contributed by atoms with Crippen molar-refractivity contribution in [1.29, 1.82) is 0 Å². The molecular weight excluding hydrogens is 719 g/mol. The Labute approximate surface area is 361 Å². The van der Waals surface area contributed by atoms with Crippen molar-refractivity contribution in [3.63, 3.8) is 0 Å². The van der Waals surface area contributed by atoms with Crippen LogP contribution in [0.2, 0.25) is 0 Å². The van der Waals surface area contributed by atoms with E-state index >= 15 is 0 Å². The van der Waals surface area contributed by atoms with Gasteiger partial charge >= 0.3 is 5.97 Å². The molecule has 3 N–H and O–H groups in total. The molecule has 0 rings (SSSR count). The third-order valence-electron chi connectivity index (χ3n) is 12.1. The number of aliphatic hydroxyl groups excluding tert-OH is 2. The lowest BCUT2D eigenvalue weighted by Crippen LogP contribution is -2.45. The second-order valence-corrected chi connectivity index (χ2v) is 17.9. The summed E-state index contributed by atoms with van der Waals surface area (Å²) in [7, 11) is 0. The Hall–Kier alpha value is -1.40. The summed E-state index contributed by atoms with van der Waals surface area (Å²) in [4.78, 5) is 24.5. The number of esters is 1. The fourth-order valence-electron chi connectivity index (χ4n) is 8.05. The predicted molar refractivity (Wildman–Crippen MR) is 250 cm³/mol. The average Bonchev–Trinajstić information content (AvgIpc) is 3.22. The molecule has 1 amide bonds. The number of carbonyl (C=O) groups excluding carboxylic acids is 2. The summed E-state index contributed by atoms with van der Waals surface area (Å²) in [6, 6.07) is -0.564. The van der Waals surface area contributed by atoms with Crippen LogP contribution in [0, 0.1) is 0 Å². The number of hydrogen-bond acceptors (Lipinski definition) is 5. The van der Waals surface area contributed by atoms with E-state index in [4.69, 9.17) is 4.74 Å². The van der Waals surface area contributed by atoms with Crippen LogP contribution >= 0.6 is 0 Å². The van der Waals surface area contributed by atoms with Gasteiger partial charge in [-0.3, -0.25) is 9.59 Å². The van der Waals surface area contributed by atoms with Gasteiger partial charge < -0.3 is 20.3 Å². The molecule has 2 atom stereocenters. The van der Waals surface area contributed by atoms with Crippen LogP contribution in [0.4, 0.5) is 0 Å². The summed E-state index contributed by atoms with van der Waals surface area (Å²) in [5.41, 5.74) is 0. The zero-order chi connectivity index (χ0) is 42.3. The quantitative estimate of drug-likeness (QED) is 0.0323. The first-order valence-corrected chi connectivity index (χ1v) is 25.9. The maximum absolute atomic E-state index is 12.4. The van der Waals surface area contributed by atoms with E-state index in [9.17, 15) is 19.8 Å². The monoisotopic (exact) mass is 820 g/mol. The van der Waals surface area contributed by atoms with Crippen molar-refractivity contribution in [3.05, 3.63) is 12.2 Å². The highest BCUT2D eigenvalue weighted by molar-refractivity contribution is 5.76. The molecule has 2 unspecified atom stereocenters. The Balaban J connectivity index is 3.47. The number of unbranched alkanes of at least 4 members (excludes halogenated alkanes) is 35. The minimum atomic E-state index is -0.683. The maximum atomic E-state index is 12.4. The van der Waals surface area contributed by atoms with Gasteiger partial charge in [-0.1, -0.05) is 231 Å². The minimum Gasteiger partial charge on any atom is -0.466 e. The van der Waals surface area contributed by atoms with E-state index in [1.807, 2.05) is 0 Å².